The number of nitrogens with zero attached hydrogens (tertiary/aromatic N) is 3. The van der Waals surface area contributed by atoms with Crippen molar-refractivity contribution in [1.29, 1.82) is 0 Å². The zero-order chi connectivity index (χ0) is 20.8. The van der Waals surface area contributed by atoms with Gasteiger partial charge in [-0.05, 0) is 38.1 Å². The first-order chi connectivity index (χ1) is 13.8. The van der Waals surface area contributed by atoms with E-state index < -0.39 is 16.6 Å². The quantitative estimate of drug-likeness (QED) is 0.483. The fraction of sp³-hybridized carbons (Fsp3) is 0.158. The van der Waals surface area contributed by atoms with Crippen LogP contribution in [0, 0.1) is 13.8 Å². The van der Waals surface area contributed by atoms with Gasteiger partial charge in [0.2, 0.25) is 0 Å². The van der Waals surface area contributed by atoms with Gasteiger partial charge >= 0.3 is 6.61 Å². The molecule has 0 radical (unpaired) electrons. The summed E-state index contributed by atoms with van der Waals surface area (Å²) >= 11 is 0. The Balaban J connectivity index is 1.84. The van der Waals surface area contributed by atoms with E-state index >= 15 is 0 Å². The van der Waals surface area contributed by atoms with Crippen LogP contribution in [0.2, 0.25) is 0 Å². The third-order valence-corrected chi connectivity index (χ3v) is 6.10. The van der Waals surface area contributed by atoms with Crippen molar-refractivity contribution in [1.82, 2.24) is 14.1 Å². The first kappa shape index (κ1) is 19.1. The Bertz CT molecular complexity index is 1290. The first-order valence-electron chi connectivity index (χ1n) is 8.48. The number of hydrogen-bond donors (Lipinski definition) is 0. The van der Waals surface area contributed by atoms with E-state index in [0.717, 1.165) is 15.6 Å². The molecule has 0 saturated heterocycles. The lowest BCUT2D eigenvalue weighted by atomic mass is 10.1. The van der Waals surface area contributed by atoms with Crippen molar-refractivity contribution in [3.05, 3.63) is 60.2 Å². The monoisotopic (exact) mass is 419 g/mol. The van der Waals surface area contributed by atoms with Gasteiger partial charge in [0.25, 0.3) is 10.0 Å². The molecule has 4 aromatic rings. The topological polar surface area (TPSA) is 87.2 Å². The molecule has 0 N–H and O–H groups in total. The van der Waals surface area contributed by atoms with Gasteiger partial charge in [0, 0.05) is 29.6 Å². The second-order valence-electron chi connectivity index (χ2n) is 6.30. The molecular formula is C19H15F2N3O4S. The summed E-state index contributed by atoms with van der Waals surface area (Å²) in [5.41, 5.74) is 2.84. The average molecular weight is 419 g/mol. The number of rotatable bonds is 5. The predicted octanol–water partition coefficient (Wildman–Crippen LogP) is 4.15. The summed E-state index contributed by atoms with van der Waals surface area (Å²) in [7, 11) is -4.07. The van der Waals surface area contributed by atoms with Gasteiger partial charge in [-0.2, -0.15) is 8.78 Å². The number of hydrogen-bond acceptors (Lipinski definition) is 6. The Labute approximate surface area is 164 Å². The van der Waals surface area contributed by atoms with Crippen molar-refractivity contribution >= 4 is 21.1 Å². The van der Waals surface area contributed by atoms with Crippen LogP contribution in [0.3, 0.4) is 0 Å². The summed E-state index contributed by atoms with van der Waals surface area (Å²) in [4.78, 5) is 4.14. The standard InChI is InChI=1S/C19H15F2N3O4S/c1-11-18(12(2)28-23-11)13-8-17-16(22-10-13)6-7-24(17)29(25,26)15-5-3-4-14(9-15)27-19(20)21/h3-10,19H,1-2H3. The Morgan fingerprint density at radius 3 is 2.66 bits per heavy atom. The van der Waals surface area contributed by atoms with Gasteiger partial charge in [-0.25, -0.2) is 12.4 Å². The number of fused-ring (bicyclic) bond motifs is 1. The molecule has 3 heterocycles. The van der Waals surface area contributed by atoms with Crippen LogP contribution in [0.15, 0.2) is 58.2 Å². The first-order valence-corrected chi connectivity index (χ1v) is 9.92. The predicted molar refractivity (Wildman–Crippen MR) is 100 cm³/mol. The molecule has 0 atom stereocenters. The summed E-state index contributed by atoms with van der Waals surface area (Å²) in [6, 6.07) is 8.19. The molecule has 0 unspecified atom stereocenters. The van der Waals surface area contributed by atoms with Crippen LogP contribution in [-0.4, -0.2) is 29.1 Å². The normalized spacial score (nSPS) is 12.0. The number of halogens is 2. The molecule has 1 aromatic carbocycles. The van der Waals surface area contributed by atoms with E-state index in [1.165, 1.54) is 24.4 Å². The fourth-order valence-electron chi connectivity index (χ4n) is 3.15. The van der Waals surface area contributed by atoms with Crippen molar-refractivity contribution < 1.29 is 26.5 Å². The van der Waals surface area contributed by atoms with Crippen molar-refractivity contribution in [3.8, 4) is 16.9 Å². The molecule has 0 aliphatic rings. The lowest BCUT2D eigenvalue weighted by Gasteiger charge is -2.10. The van der Waals surface area contributed by atoms with Crippen molar-refractivity contribution in [3.63, 3.8) is 0 Å². The minimum atomic E-state index is -4.07. The van der Waals surface area contributed by atoms with Gasteiger partial charge in [-0.3, -0.25) is 4.98 Å². The number of aromatic nitrogens is 3. The maximum atomic E-state index is 13.1. The number of benzene rings is 1. The van der Waals surface area contributed by atoms with Gasteiger partial charge in [-0.15, -0.1) is 0 Å². The van der Waals surface area contributed by atoms with E-state index in [2.05, 4.69) is 14.9 Å². The molecule has 29 heavy (non-hydrogen) atoms. The van der Waals surface area contributed by atoms with E-state index in [1.807, 2.05) is 0 Å². The molecule has 0 bridgehead atoms. The van der Waals surface area contributed by atoms with Crippen LogP contribution in [0.5, 0.6) is 5.75 Å². The lowest BCUT2D eigenvalue weighted by molar-refractivity contribution is -0.0499. The molecule has 10 heteroatoms. The summed E-state index contributed by atoms with van der Waals surface area (Å²) in [6.07, 6.45) is 2.98. The van der Waals surface area contributed by atoms with Gasteiger partial charge in [-0.1, -0.05) is 11.2 Å². The summed E-state index contributed by atoms with van der Waals surface area (Å²) in [5, 5.41) is 3.91. The largest absolute Gasteiger partial charge is 0.435 e. The van der Waals surface area contributed by atoms with Crippen LogP contribution in [0.1, 0.15) is 11.5 Å². The van der Waals surface area contributed by atoms with E-state index in [0.29, 0.717) is 28.1 Å². The summed E-state index contributed by atoms with van der Waals surface area (Å²) in [5.74, 6) is 0.341. The molecular weight excluding hydrogens is 404 g/mol. The van der Waals surface area contributed by atoms with Crippen molar-refractivity contribution in [2.24, 2.45) is 0 Å². The Hall–Kier alpha value is -3.27. The second-order valence-corrected chi connectivity index (χ2v) is 8.11. The molecule has 0 amide bonds. The second kappa shape index (κ2) is 6.96. The maximum absolute atomic E-state index is 13.1. The third-order valence-electron chi connectivity index (χ3n) is 4.41. The number of ether oxygens (including phenoxy) is 1. The van der Waals surface area contributed by atoms with Gasteiger partial charge in [0.15, 0.2) is 0 Å². The molecule has 0 saturated carbocycles. The molecule has 3 aromatic heterocycles. The van der Waals surface area contributed by atoms with Gasteiger partial charge in [0.1, 0.15) is 11.5 Å². The molecule has 0 spiro atoms. The Morgan fingerprint density at radius 1 is 1.17 bits per heavy atom. The third kappa shape index (κ3) is 3.35. The lowest BCUT2D eigenvalue weighted by Crippen LogP contribution is -2.12. The summed E-state index contributed by atoms with van der Waals surface area (Å²) < 4.78 is 61.8. The van der Waals surface area contributed by atoms with Crippen molar-refractivity contribution in [2.45, 2.75) is 25.4 Å². The molecule has 0 aliphatic carbocycles. The van der Waals surface area contributed by atoms with E-state index in [1.54, 1.807) is 32.2 Å². The number of pyridine rings is 1. The van der Waals surface area contributed by atoms with Crippen molar-refractivity contribution in [2.75, 3.05) is 0 Å². The number of alkyl halides is 2. The minimum absolute atomic E-state index is 0.184. The van der Waals surface area contributed by atoms with E-state index in [4.69, 9.17) is 4.52 Å². The zero-order valence-electron chi connectivity index (χ0n) is 15.3. The van der Waals surface area contributed by atoms with Gasteiger partial charge in [0.05, 0.1) is 21.6 Å². The molecule has 7 nitrogen and oxygen atoms in total. The van der Waals surface area contributed by atoms with Crippen LogP contribution in [-0.2, 0) is 10.0 Å². The highest BCUT2D eigenvalue weighted by molar-refractivity contribution is 7.90. The van der Waals surface area contributed by atoms with Crippen LogP contribution in [0.25, 0.3) is 22.2 Å². The molecule has 150 valence electrons. The number of aryl methyl sites for hydroxylation is 2. The zero-order valence-corrected chi connectivity index (χ0v) is 16.2. The molecule has 4 rings (SSSR count). The van der Waals surface area contributed by atoms with E-state index in [-0.39, 0.29) is 10.6 Å². The SMILES string of the molecule is Cc1noc(C)c1-c1cnc2ccn(S(=O)(=O)c3cccc(OC(F)F)c3)c2c1. The average Bonchev–Trinajstić information content (AvgIpc) is 3.24. The van der Waals surface area contributed by atoms with Crippen LogP contribution < -0.4 is 4.74 Å². The highest BCUT2D eigenvalue weighted by Crippen LogP contribution is 2.30. The maximum Gasteiger partial charge on any atom is 0.387 e. The Morgan fingerprint density at radius 2 is 1.97 bits per heavy atom. The highest BCUT2D eigenvalue weighted by atomic mass is 32.2. The fourth-order valence-corrected chi connectivity index (χ4v) is 4.52. The van der Waals surface area contributed by atoms with Gasteiger partial charge < -0.3 is 9.26 Å². The molecule has 0 aliphatic heterocycles. The summed E-state index contributed by atoms with van der Waals surface area (Å²) in [6.45, 7) is 0.478. The molecule has 0 fully saturated rings. The van der Waals surface area contributed by atoms with Crippen LogP contribution >= 0.6 is 0 Å². The highest BCUT2D eigenvalue weighted by Gasteiger charge is 2.22. The minimum Gasteiger partial charge on any atom is -0.435 e. The Kier molecular flexibility index (Phi) is 4.58. The van der Waals surface area contributed by atoms with Crippen LogP contribution in [0.4, 0.5) is 8.78 Å². The smallest absolute Gasteiger partial charge is 0.387 e. The van der Waals surface area contributed by atoms with E-state index in [9.17, 15) is 17.2 Å².